The summed E-state index contributed by atoms with van der Waals surface area (Å²) in [5.41, 5.74) is 0.380. The van der Waals surface area contributed by atoms with Gasteiger partial charge in [0.1, 0.15) is 18.0 Å². The van der Waals surface area contributed by atoms with Crippen LogP contribution in [0.15, 0.2) is 82.6 Å². The average Bonchev–Trinajstić information content (AvgIpc) is 2.97. The fraction of sp³-hybridized carbons (Fsp3) is 0.321. The van der Waals surface area contributed by atoms with Crippen LogP contribution in [0.4, 0.5) is 11.4 Å². The number of amides is 1. The Bertz CT molecular complexity index is 1520. The second-order valence-corrected chi connectivity index (χ2v) is 12.9. The number of piperidine rings is 1. The number of carbonyl (C=O) groups is 1. The third-order valence-electron chi connectivity index (χ3n) is 6.45. The van der Waals surface area contributed by atoms with Crippen molar-refractivity contribution in [2.24, 2.45) is 0 Å². The summed E-state index contributed by atoms with van der Waals surface area (Å²) in [6.45, 7) is 2.58. The highest BCUT2D eigenvalue weighted by Crippen LogP contribution is 2.31. The minimum atomic E-state index is -4.13. The van der Waals surface area contributed by atoms with E-state index in [9.17, 15) is 21.6 Å². The van der Waals surface area contributed by atoms with Gasteiger partial charge in [-0.3, -0.25) is 9.10 Å². The first-order valence-corrected chi connectivity index (χ1v) is 15.8. The third kappa shape index (κ3) is 6.57. The molecule has 0 atom stereocenters. The van der Waals surface area contributed by atoms with Crippen LogP contribution in [0.3, 0.4) is 0 Å². The SMILES string of the molecule is CCOc1ccc(N(CC(=O)Nc2cc(S(=O)(=O)N3CCCCC3)ccc2OC)S(=O)(=O)c2ccccc2)cc1. The van der Waals surface area contributed by atoms with Gasteiger partial charge in [0.25, 0.3) is 10.0 Å². The van der Waals surface area contributed by atoms with Crippen molar-refractivity contribution in [3.05, 3.63) is 72.8 Å². The maximum Gasteiger partial charge on any atom is 0.264 e. The number of nitrogens with zero attached hydrogens (tertiary/aromatic N) is 2. The summed E-state index contributed by atoms with van der Waals surface area (Å²) in [6, 6.07) is 18.4. The molecule has 0 bridgehead atoms. The molecule has 10 nitrogen and oxygen atoms in total. The van der Waals surface area contributed by atoms with E-state index < -0.39 is 32.5 Å². The van der Waals surface area contributed by atoms with E-state index in [1.165, 1.54) is 41.7 Å². The van der Waals surface area contributed by atoms with E-state index in [-0.39, 0.29) is 26.9 Å². The first-order valence-electron chi connectivity index (χ1n) is 13.0. The number of sulfonamides is 2. The number of ether oxygens (including phenoxy) is 2. The van der Waals surface area contributed by atoms with Crippen molar-refractivity contribution in [1.82, 2.24) is 4.31 Å². The lowest BCUT2D eigenvalue weighted by molar-refractivity contribution is -0.114. The highest BCUT2D eigenvalue weighted by Gasteiger charge is 2.29. The molecule has 3 aromatic carbocycles. The molecule has 0 aliphatic carbocycles. The summed E-state index contributed by atoms with van der Waals surface area (Å²) in [5, 5.41) is 2.65. The van der Waals surface area contributed by atoms with Crippen LogP contribution in [0.2, 0.25) is 0 Å². The molecule has 1 heterocycles. The van der Waals surface area contributed by atoms with Gasteiger partial charge in [-0.25, -0.2) is 16.8 Å². The molecule has 0 spiro atoms. The van der Waals surface area contributed by atoms with E-state index in [1.54, 1.807) is 42.5 Å². The maximum atomic E-state index is 13.6. The quantitative estimate of drug-likeness (QED) is 0.358. The zero-order valence-electron chi connectivity index (χ0n) is 22.4. The van der Waals surface area contributed by atoms with Crippen molar-refractivity contribution in [3.63, 3.8) is 0 Å². The number of hydrogen-bond acceptors (Lipinski definition) is 7. The van der Waals surface area contributed by atoms with Gasteiger partial charge < -0.3 is 14.8 Å². The van der Waals surface area contributed by atoms with Crippen molar-refractivity contribution in [1.29, 1.82) is 0 Å². The van der Waals surface area contributed by atoms with Crippen LogP contribution in [0.25, 0.3) is 0 Å². The monoisotopic (exact) mass is 587 g/mol. The van der Waals surface area contributed by atoms with Gasteiger partial charge in [-0.1, -0.05) is 24.6 Å². The third-order valence-corrected chi connectivity index (χ3v) is 10.1. The molecule has 0 saturated carbocycles. The lowest BCUT2D eigenvalue weighted by Gasteiger charge is -2.26. The number of rotatable bonds is 11. The van der Waals surface area contributed by atoms with Gasteiger partial charge >= 0.3 is 0 Å². The second-order valence-electron chi connectivity index (χ2n) is 9.13. The van der Waals surface area contributed by atoms with Crippen LogP contribution >= 0.6 is 0 Å². The smallest absolute Gasteiger partial charge is 0.264 e. The molecule has 1 aliphatic rings. The Morgan fingerprint density at radius 3 is 2.20 bits per heavy atom. The van der Waals surface area contributed by atoms with E-state index in [0.717, 1.165) is 23.6 Å². The molecule has 3 aromatic rings. The number of carbonyl (C=O) groups excluding carboxylic acids is 1. The van der Waals surface area contributed by atoms with Crippen LogP contribution < -0.4 is 19.1 Å². The highest BCUT2D eigenvalue weighted by molar-refractivity contribution is 7.92. The maximum absolute atomic E-state index is 13.6. The summed E-state index contributed by atoms with van der Waals surface area (Å²) in [6.07, 6.45) is 2.55. The minimum Gasteiger partial charge on any atom is -0.495 e. The molecule has 1 fully saturated rings. The highest BCUT2D eigenvalue weighted by atomic mass is 32.2. The Hall–Kier alpha value is -3.61. The van der Waals surface area contributed by atoms with Gasteiger partial charge in [0.05, 0.1) is 34.9 Å². The fourth-order valence-electron chi connectivity index (χ4n) is 4.43. The van der Waals surface area contributed by atoms with E-state index in [1.807, 2.05) is 6.92 Å². The molecule has 40 heavy (non-hydrogen) atoms. The molecule has 1 amide bonds. The number of methoxy groups -OCH3 is 1. The summed E-state index contributed by atoms with van der Waals surface area (Å²) in [7, 11) is -6.50. The Labute approximate surface area is 235 Å². The fourth-order valence-corrected chi connectivity index (χ4v) is 7.42. The molecule has 12 heteroatoms. The summed E-state index contributed by atoms with van der Waals surface area (Å²) in [4.78, 5) is 13.4. The molecular weight excluding hydrogens is 554 g/mol. The molecule has 0 aromatic heterocycles. The lowest BCUT2D eigenvalue weighted by atomic mass is 10.2. The molecule has 0 unspecified atom stereocenters. The van der Waals surface area contributed by atoms with Gasteiger partial charge in [-0.2, -0.15) is 4.31 Å². The first kappa shape index (κ1) is 29.4. The molecule has 1 saturated heterocycles. The Morgan fingerprint density at radius 1 is 0.900 bits per heavy atom. The van der Waals surface area contributed by atoms with Crippen LogP contribution in [0, 0.1) is 0 Å². The number of nitrogens with one attached hydrogen (secondary N) is 1. The van der Waals surface area contributed by atoms with Crippen LogP contribution in [0.5, 0.6) is 11.5 Å². The Morgan fingerprint density at radius 2 is 1.57 bits per heavy atom. The van der Waals surface area contributed by atoms with Crippen molar-refractivity contribution in [3.8, 4) is 11.5 Å². The van der Waals surface area contributed by atoms with Gasteiger partial charge in [-0.15, -0.1) is 0 Å². The van der Waals surface area contributed by atoms with Crippen LogP contribution in [-0.2, 0) is 24.8 Å². The van der Waals surface area contributed by atoms with Gasteiger partial charge in [0, 0.05) is 13.1 Å². The number of hydrogen-bond donors (Lipinski definition) is 1. The van der Waals surface area contributed by atoms with Crippen molar-refractivity contribution < 1.29 is 31.1 Å². The van der Waals surface area contributed by atoms with E-state index in [4.69, 9.17) is 9.47 Å². The standard InChI is InChI=1S/C28H33N3O7S2/c1-3-38-23-14-12-22(13-15-23)31(40(35,36)24-10-6-4-7-11-24)21-28(32)29-26-20-25(16-17-27(26)37-2)39(33,34)30-18-8-5-9-19-30/h4,6-7,10-17,20H,3,5,8-9,18-19,21H2,1-2H3,(H,29,32). The first-order chi connectivity index (χ1) is 19.2. The zero-order chi connectivity index (χ0) is 28.8. The minimum absolute atomic E-state index is 0.0175. The van der Waals surface area contributed by atoms with Gasteiger partial charge in [0.2, 0.25) is 15.9 Å². The van der Waals surface area contributed by atoms with Crippen LogP contribution in [0.1, 0.15) is 26.2 Å². The molecule has 4 rings (SSSR count). The summed E-state index contributed by atoms with van der Waals surface area (Å²) < 4.78 is 66.9. The largest absolute Gasteiger partial charge is 0.495 e. The van der Waals surface area contributed by atoms with E-state index in [0.29, 0.717) is 25.4 Å². The zero-order valence-corrected chi connectivity index (χ0v) is 24.1. The van der Waals surface area contributed by atoms with Crippen LogP contribution in [-0.4, -0.2) is 60.4 Å². The Kier molecular flexibility index (Phi) is 9.33. The lowest BCUT2D eigenvalue weighted by Crippen LogP contribution is -2.38. The Balaban J connectivity index is 1.64. The molecular formula is C28H33N3O7S2. The molecule has 214 valence electrons. The molecule has 1 N–H and O–H groups in total. The molecule has 0 radical (unpaired) electrons. The average molecular weight is 588 g/mol. The van der Waals surface area contributed by atoms with Crippen molar-refractivity contribution in [2.45, 2.75) is 36.0 Å². The van der Waals surface area contributed by atoms with Crippen molar-refractivity contribution in [2.75, 3.05) is 43.0 Å². The number of anilines is 2. The predicted molar refractivity (Wildman–Crippen MR) is 153 cm³/mol. The second kappa shape index (κ2) is 12.7. The van der Waals surface area contributed by atoms with Crippen molar-refractivity contribution >= 4 is 37.3 Å². The topological polar surface area (TPSA) is 122 Å². The molecule has 1 aliphatic heterocycles. The summed E-state index contributed by atoms with van der Waals surface area (Å²) >= 11 is 0. The van der Waals surface area contributed by atoms with Gasteiger partial charge in [0.15, 0.2) is 0 Å². The number of benzene rings is 3. The van der Waals surface area contributed by atoms with E-state index in [2.05, 4.69) is 5.32 Å². The predicted octanol–water partition coefficient (Wildman–Crippen LogP) is 4.10. The summed E-state index contributed by atoms with van der Waals surface area (Å²) in [5.74, 6) is 0.118. The normalized spacial score (nSPS) is 14.3. The van der Waals surface area contributed by atoms with Gasteiger partial charge in [-0.05, 0) is 74.4 Å². The van der Waals surface area contributed by atoms with E-state index >= 15 is 0 Å².